The molecule has 0 atom stereocenters. The molecule has 0 saturated heterocycles. The molecule has 0 radical (unpaired) electrons. The van der Waals surface area contributed by atoms with E-state index in [4.69, 9.17) is 9.84 Å². The van der Waals surface area contributed by atoms with Gasteiger partial charge in [0.15, 0.2) is 0 Å². The number of hydrogen-bond acceptors (Lipinski definition) is 3. The van der Waals surface area contributed by atoms with E-state index in [-0.39, 0.29) is 18.1 Å². The summed E-state index contributed by atoms with van der Waals surface area (Å²) in [6, 6.07) is 8.70. The minimum Gasteiger partial charge on any atom is -0.486 e. The standard InChI is InChI=1S/C13H9BrFNO3/c14-10-6-8(15)4-5-12(10)19-7-9-2-1-3-11(16-9)13(17)18/h1-6H,7H2,(H,17,18). The first-order valence-corrected chi connectivity index (χ1v) is 6.12. The number of ether oxygens (including phenoxy) is 1. The number of rotatable bonds is 4. The van der Waals surface area contributed by atoms with Crippen molar-refractivity contribution in [3.63, 3.8) is 0 Å². The lowest BCUT2D eigenvalue weighted by Gasteiger charge is -2.08. The Bertz CT molecular complexity index is 619. The van der Waals surface area contributed by atoms with Gasteiger partial charge in [-0.3, -0.25) is 0 Å². The van der Waals surface area contributed by atoms with Gasteiger partial charge in [-0.25, -0.2) is 14.2 Å². The molecule has 0 aliphatic carbocycles. The lowest BCUT2D eigenvalue weighted by Crippen LogP contribution is -2.05. The van der Waals surface area contributed by atoms with Gasteiger partial charge in [-0.2, -0.15) is 0 Å². The van der Waals surface area contributed by atoms with Gasteiger partial charge < -0.3 is 9.84 Å². The second-order valence-corrected chi connectivity index (χ2v) is 4.54. The molecule has 1 N–H and O–H groups in total. The van der Waals surface area contributed by atoms with Crippen LogP contribution in [0.5, 0.6) is 5.75 Å². The van der Waals surface area contributed by atoms with Crippen LogP contribution in [0.2, 0.25) is 0 Å². The molecule has 0 aliphatic rings. The summed E-state index contributed by atoms with van der Waals surface area (Å²) in [4.78, 5) is 14.7. The number of nitrogens with zero attached hydrogens (tertiary/aromatic N) is 1. The third kappa shape index (κ3) is 3.51. The predicted molar refractivity (Wildman–Crippen MR) is 69.6 cm³/mol. The van der Waals surface area contributed by atoms with E-state index < -0.39 is 5.97 Å². The van der Waals surface area contributed by atoms with Crippen LogP contribution in [0.15, 0.2) is 40.9 Å². The number of aromatic carboxylic acids is 1. The molecular weight excluding hydrogens is 317 g/mol. The molecule has 4 nitrogen and oxygen atoms in total. The number of carboxylic acid groups (broad SMARTS) is 1. The Morgan fingerprint density at radius 2 is 2.16 bits per heavy atom. The molecule has 0 amide bonds. The topological polar surface area (TPSA) is 59.4 Å². The Balaban J connectivity index is 2.10. The van der Waals surface area contributed by atoms with Crippen LogP contribution >= 0.6 is 15.9 Å². The van der Waals surface area contributed by atoms with Crippen molar-refractivity contribution in [2.45, 2.75) is 6.61 Å². The first kappa shape index (κ1) is 13.5. The monoisotopic (exact) mass is 325 g/mol. The number of hydrogen-bond donors (Lipinski definition) is 1. The predicted octanol–water partition coefficient (Wildman–Crippen LogP) is 3.26. The van der Waals surface area contributed by atoms with E-state index in [1.165, 1.54) is 24.3 Å². The smallest absolute Gasteiger partial charge is 0.354 e. The molecule has 2 rings (SSSR count). The minimum atomic E-state index is -1.09. The summed E-state index contributed by atoms with van der Waals surface area (Å²) in [7, 11) is 0. The van der Waals surface area contributed by atoms with E-state index in [9.17, 15) is 9.18 Å². The number of carboxylic acids is 1. The molecule has 1 aromatic heterocycles. The van der Waals surface area contributed by atoms with Crippen LogP contribution in [0.25, 0.3) is 0 Å². The third-order valence-electron chi connectivity index (χ3n) is 2.30. The van der Waals surface area contributed by atoms with Crippen molar-refractivity contribution in [2.24, 2.45) is 0 Å². The molecular formula is C13H9BrFNO3. The minimum absolute atomic E-state index is 0.0423. The first-order chi connectivity index (χ1) is 9.06. The average molecular weight is 326 g/mol. The van der Waals surface area contributed by atoms with E-state index in [2.05, 4.69) is 20.9 Å². The van der Waals surface area contributed by atoms with Gasteiger partial charge in [0, 0.05) is 0 Å². The molecule has 98 valence electrons. The molecule has 0 saturated carbocycles. The molecule has 1 aromatic carbocycles. The lowest BCUT2D eigenvalue weighted by atomic mass is 10.3. The van der Waals surface area contributed by atoms with Crippen LogP contribution < -0.4 is 4.74 Å². The quantitative estimate of drug-likeness (QED) is 0.937. The van der Waals surface area contributed by atoms with Gasteiger partial charge in [0.2, 0.25) is 0 Å². The summed E-state index contributed by atoms with van der Waals surface area (Å²) in [5.74, 6) is -1.00. The van der Waals surface area contributed by atoms with Crippen molar-refractivity contribution in [2.75, 3.05) is 0 Å². The highest BCUT2D eigenvalue weighted by molar-refractivity contribution is 9.10. The van der Waals surface area contributed by atoms with E-state index >= 15 is 0 Å². The molecule has 0 bridgehead atoms. The van der Waals surface area contributed by atoms with Gasteiger partial charge in [-0.05, 0) is 46.3 Å². The Morgan fingerprint density at radius 1 is 1.37 bits per heavy atom. The molecule has 19 heavy (non-hydrogen) atoms. The second kappa shape index (κ2) is 5.79. The zero-order chi connectivity index (χ0) is 13.8. The van der Waals surface area contributed by atoms with Crippen molar-refractivity contribution in [3.8, 4) is 5.75 Å². The molecule has 1 heterocycles. The summed E-state index contributed by atoms with van der Waals surface area (Å²) in [6.07, 6.45) is 0. The fourth-order valence-electron chi connectivity index (χ4n) is 1.42. The van der Waals surface area contributed by atoms with Crippen LogP contribution in [0.4, 0.5) is 4.39 Å². The number of carbonyl (C=O) groups is 1. The number of aromatic nitrogens is 1. The van der Waals surface area contributed by atoms with Crippen molar-refractivity contribution in [3.05, 3.63) is 58.1 Å². The number of benzene rings is 1. The van der Waals surface area contributed by atoms with Gasteiger partial charge in [0.1, 0.15) is 23.9 Å². The zero-order valence-corrected chi connectivity index (χ0v) is 11.2. The molecule has 0 spiro atoms. The van der Waals surface area contributed by atoms with Gasteiger partial charge in [-0.1, -0.05) is 6.07 Å². The summed E-state index contributed by atoms with van der Waals surface area (Å²) in [5, 5.41) is 8.82. The molecule has 0 fully saturated rings. The fraction of sp³-hybridized carbons (Fsp3) is 0.0769. The maximum absolute atomic E-state index is 12.9. The zero-order valence-electron chi connectivity index (χ0n) is 9.64. The first-order valence-electron chi connectivity index (χ1n) is 5.33. The van der Waals surface area contributed by atoms with Crippen LogP contribution in [0.3, 0.4) is 0 Å². The van der Waals surface area contributed by atoms with Crippen LogP contribution in [0, 0.1) is 5.82 Å². The fourth-order valence-corrected chi connectivity index (χ4v) is 1.89. The highest BCUT2D eigenvalue weighted by atomic mass is 79.9. The van der Waals surface area contributed by atoms with Crippen molar-refractivity contribution < 1.29 is 19.0 Å². The lowest BCUT2D eigenvalue weighted by molar-refractivity contribution is 0.0690. The van der Waals surface area contributed by atoms with E-state index in [1.807, 2.05) is 0 Å². The Kier molecular flexibility index (Phi) is 4.11. The Morgan fingerprint density at radius 3 is 2.84 bits per heavy atom. The van der Waals surface area contributed by atoms with Gasteiger partial charge >= 0.3 is 5.97 Å². The van der Waals surface area contributed by atoms with Crippen molar-refractivity contribution in [1.29, 1.82) is 0 Å². The molecule has 6 heteroatoms. The van der Waals surface area contributed by atoms with Gasteiger partial charge in [0.25, 0.3) is 0 Å². The molecule has 2 aromatic rings. The van der Waals surface area contributed by atoms with Crippen LogP contribution in [0.1, 0.15) is 16.2 Å². The maximum Gasteiger partial charge on any atom is 0.354 e. The molecule has 0 aliphatic heterocycles. The average Bonchev–Trinajstić information content (AvgIpc) is 2.38. The van der Waals surface area contributed by atoms with E-state index in [0.29, 0.717) is 15.9 Å². The van der Waals surface area contributed by atoms with E-state index in [0.717, 1.165) is 0 Å². The summed E-state index contributed by atoms with van der Waals surface area (Å²) in [5.41, 5.74) is 0.440. The second-order valence-electron chi connectivity index (χ2n) is 3.68. The van der Waals surface area contributed by atoms with Crippen LogP contribution in [-0.2, 0) is 6.61 Å². The van der Waals surface area contributed by atoms with Gasteiger partial charge in [0.05, 0.1) is 10.2 Å². The summed E-state index contributed by atoms with van der Waals surface area (Å²) < 4.78 is 18.8. The van der Waals surface area contributed by atoms with E-state index in [1.54, 1.807) is 12.1 Å². The normalized spacial score (nSPS) is 10.2. The SMILES string of the molecule is O=C(O)c1cccc(COc2ccc(F)cc2Br)n1. The number of halogens is 2. The summed E-state index contributed by atoms with van der Waals surface area (Å²) >= 11 is 3.18. The maximum atomic E-state index is 12.9. The largest absolute Gasteiger partial charge is 0.486 e. The summed E-state index contributed by atoms with van der Waals surface area (Å²) in [6.45, 7) is 0.103. The van der Waals surface area contributed by atoms with Crippen molar-refractivity contribution >= 4 is 21.9 Å². The van der Waals surface area contributed by atoms with Crippen LogP contribution in [-0.4, -0.2) is 16.1 Å². The number of pyridine rings is 1. The third-order valence-corrected chi connectivity index (χ3v) is 2.92. The highest BCUT2D eigenvalue weighted by Crippen LogP contribution is 2.26. The van der Waals surface area contributed by atoms with Crippen molar-refractivity contribution in [1.82, 2.24) is 4.98 Å². The van der Waals surface area contributed by atoms with Gasteiger partial charge in [-0.15, -0.1) is 0 Å². The Hall–Kier alpha value is -1.95. The Labute approximate surface area is 117 Å². The highest BCUT2D eigenvalue weighted by Gasteiger charge is 2.07. The molecule has 0 unspecified atom stereocenters.